The lowest BCUT2D eigenvalue weighted by atomic mass is 9.95. The first kappa shape index (κ1) is 14.1. The van der Waals surface area contributed by atoms with Crippen LogP contribution in [-0.2, 0) is 9.53 Å². The Bertz CT molecular complexity index is 522. The van der Waals surface area contributed by atoms with Crippen molar-refractivity contribution in [3.8, 4) is 0 Å². The van der Waals surface area contributed by atoms with Gasteiger partial charge in [0.1, 0.15) is 5.70 Å². The molecular formula is C13H17N3O4. The first-order valence-electron chi connectivity index (χ1n) is 6.23. The van der Waals surface area contributed by atoms with Gasteiger partial charge in [0.25, 0.3) is 0 Å². The molecule has 1 amide bonds. The number of rotatable bonds is 2. The minimum Gasteiger partial charge on any atom is -0.465 e. The van der Waals surface area contributed by atoms with E-state index in [1.807, 2.05) is 6.08 Å². The average molecular weight is 279 g/mol. The van der Waals surface area contributed by atoms with E-state index < -0.39 is 18.1 Å². The molecule has 4 N–H and O–H groups in total. The molecule has 0 fully saturated rings. The van der Waals surface area contributed by atoms with Crippen molar-refractivity contribution in [2.24, 2.45) is 5.73 Å². The molecule has 108 valence electrons. The van der Waals surface area contributed by atoms with Gasteiger partial charge in [-0.1, -0.05) is 6.08 Å². The van der Waals surface area contributed by atoms with Gasteiger partial charge in [0.15, 0.2) is 0 Å². The first-order valence-corrected chi connectivity index (χ1v) is 6.23. The fourth-order valence-corrected chi connectivity index (χ4v) is 2.35. The molecule has 2 rings (SSSR count). The standard InChI is InChI=1S/C13H17N3O4/c1-20-12(17)11-7-9(14)6-10(16(11)13(18)19)8-2-4-15-5-3-8/h2,6-7,10,15H,3-5,14H2,1H3,(H,18,19). The molecule has 2 aliphatic rings. The van der Waals surface area contributed by atoms with E-state index in [2.05, 4.69) is 10.1 Å². The van der Waals surface area contributed by atoms with Crippen molar-refractivity contribution in [3.05, 3.63) is 35.2 Å². The van der Waals surface area contributed by atoms with Gasteiger partial charge >= 0.3 is 12.1 Å². The lowest BCUT2D eigenvalue weighted by molar-refractivity contribution is -0.137. The molecule has 1 unspecified atom stereocenters. The predicted molar refractivity (Wildman–Crippen MR) is 71.6 cm³/mol. The number of carbonyl (C=O) groups is 2. The van der Waals surface area contributed by atoms with Crippen molar-refractivity contribution in [2.75, 3.05) is 20.2 Å². The number of carboxylic acid groups (broad SMARTS) is 1. The number of nitrogens with one attached hydrogen (secondary N) is 1. The summed E-state index contributed by atoms with van der Waals surface area (Å²) in [6.07, 6.45) is 4.37. The largest absolute Gasteiger partial charge is 0.465 e. The molecule has 7 heteroatoms. The van der Waals surface area contributed by atoms with Crippen LogP contribution in [0.15, 0.2) is 35.2 Å². The van der Waals surface area contributed by atoms with Gasteiger partial charge in [-0.05, 0) is 30.7 Å². The molecule has 0 aromatic rings. The molecule has 0 aliphatic carbocycles. The lowest BCUT2D eigenvalue weighted by Gasteiger charge is -2.34. The summed E-state index contributed by atoms with van der Waals surface area (Å²) in [5.41, 5.74) is 7.00. The number of ether oxygens (including phenoxy) is 1. The molecule has 7 nitrogen and oxygen atoms in total. The third-order valence-corrected chi connectivity index (χ3v) is 3.27. The summed E-state index contributed by atoms with van der Waals surface area (Å²) < 4.78 is 4.63. The highest BCUT2D eigenvalue weighted by Crippen LogP contribution is 2.27. The zero-order valence-corrected chi connectivity index (χ0v) is 11.1. The first-order chi connectivity index (χ1) is 9.54. The van der Waals surface area contributed by atoms with E-state index >= 15 is 0 Å². The van der Waals surface area contributed by atoms with Crippen molar-refractivity contribution in [2.45, 2.75) is 12.5 Å². The third-order valence-electron chi connectivity index (χ3n) is 3.27. The number of carbonyl (C=O) groups excluding carboxylic acids is 1. The second kappa shape index (κ2) is 5.79. The van der Waals surface area contributed by atoms with Gasteiger partial charge in [-0.15, -0.1) is 0 Å². The highest BCUT2D eigenvalue weighted by molar-refractivity contribution is 5.93. The topological polar surface area (TPSA) is 105 Å². The normalized spacial score (nSPS) is 22.6. The average Bonchev–Trinajstić information content (AvgIpc) is 2.46. The monoisotopic (exact) mass is 279 g/mol. The Morgan fingerprint density at radius 1 is 1.55 bits per heavy atom. The number of nitrogens with zero attached hydrogens (tertiary/aromatic N) is 1. The number of methoxy groups -OCH3 is 1. The van der Waals surface area contributed by atoms with Crippen molar-refractivity contribution in [3.63, 3.8) is 0 Å². The maximum atomic E-state index is 11.7. The van der Waals surface area contributed by atoms with Crippen LogP contribution in [0.25, 0.3) is 0 Å². The Morgan fingerprint density at radius 2 is 2.30 bits per heavy atom. The van der Waals surface area contributed by atoms with Crippen LogP contribution >= 0.6 is 0 Å². The number of esters is 1. The molecule has 0 aromatic carbocycles. The zero-order chi connectivity index (χ0) is 14.7. The quantitative estimate of drug-likeness (QED) is 0.491. The predicted octanol–water partition coefficient (Wildman–Crippen LogP) is 0.168. The molecule has 0 spiro atoms. The molecular weight excluding hydrogens is 262 g/mol. The summed E-state index contributed by atoms with van der Waals surface area (Å²) in [5, 5.41) is 12.6. The van der Waals surface area contributed by atoms with Crippen LogP contribution in [0.1, 0.15) is 6.42 Å². The molecule has 0 bridgehead atoms. The van der Waals surface area contributed by atoms with Crippen LogP contribution in [-0.4, -0.2) is 48.3 Å². The molecule has 0 saturated heterocycles. The minimum absolute atomic E-state index is 0.0653. The fourth-order valence-electron chi connectivity index (χ4n) is 2.35. The van der Waals surface area contributed by atoms with Crippen LogP contribution in [0, 0.1) is 0 Å². The highest BCUT2D eigenvalue weighted by atomic mass is 16.5. The number of hydrogen-bond donors (Lipinski definition) is 3. The van der Waals surface area contributed by atoms with Crippen LogP contribution < -0.4 is 11.1 Å². The molecule has 0 aromatic heterocycles. The van der Waals surface area contributed by atoms with Crippen molar-refractivity contribution < 1.29 is 19.4 Å². The number of allylic oxidation sites excluding steroid dienone is 1. The lowest BCUT2D eigenvalue weighted by Crippen LogP contribution is -2.45. The smallest absolute Gasteiger partial charge is 0.412 e. The van der Waals surface area contributed by atoms with Crippen molar-refractivity contribution in [1.29, 1.82) is 0 Å². The van der Waals surface area contributed by atoms with E-state index in [1.54, 1.807) is 6.08 Å². The van der Waals surface area contributed by atoms with E-state index in [0.717, 1.165) is 17.0 Å². The van der Waals surface area contributed by atoms with Crippen LogP contribution in [0.4, 0.5) is 4.79 Å². The maximum absolute atomic E-state index is 11.7. The molecule has 1 atom stereocenters. The summed E-state index contributed by atoms with van der Waals surface area (Å²) in [6, 6.07) is -0.561. The van der Waals surface area contributed by atoms with Gasteiger partial charge in [0.2, 0.25) is 0 Å². The fraction of sp³-hybridized carbons (Fsp3) is 0.385. The summed E-state index contributed by atoms with van der Waals surface area (Å²) in [5.74, 6) is -0.719. The van der Waals surface area contributed by atoms with Gasteiger partial charge in [-0.3, -0.25) is 4.90 Å². The van der Waals surface area contributed by atoms with E-state index in [9.17, 15) is 14.7 Å². The van der Waals surface area contributed by atoms with E-state index in [0.29, 0.717) is 18.7 Å². The third kappa shape index (κ3) is 2.67. The van der Waals surface area contributed by atoms with Crippen molar-refractivity contribution in [1.82, 2.24) is 10.2 Å². The Labute approximate surface area is 116 Å². The second-order valence-electron chi connectivity index (χ2n) is 4.52. The highest BCUT2D eigenvalue weighted by Gasteiger charge is 2.35. The van der Waals surface area contributed by atoms with E-state index in [-0.39, 0.29) is 5.70 Å². The summed E-state index contributed by atoms with van der Waals surface area (Å²) in [6.45, 7) is 1.44. The van der Waals surface area contributed by atoms with Gasteiger partial charge in [0.05, 0.1) is 13.2 Å². The number of nitrogens with two attached hydrogens (primary N) is 1. The van der Waals surface area contributed by atoms with Crippen LogP contribution in [0.2, 0.25) is 0 Å². The summed E-state index contributed by atoms with van der Waals surface area (Å²) in [4.78, 5) is 24.3. The zero-order valence-electron chi connectivity index (χ0n) is 11.1. The molecule has 0 saturated carbocycles. The second-order valence-corrected chi connectivity index (χ2v) is 4.52. The Morgan fingerprint density at radius 3 is 2.85 bits per heavy atom. The summed E-state index contributed by atoms with van der Waals surface area (Å²) >= 11 is 0. The molecule has 2 heterocycles. The SMILES string of the molecule is COC(=O)C1=CC(N)=CC(C2=CCNCC2)N1C(=O)O. The minimum atomic E-state index is -1.21. The van der Waals surface area contributed by atoms with Gasteiger partial charge < -0.3 is 20.9 Å². The number of amides is 1. The molecule has 2 aliphatic heterocycles. The van der Waals surface area contributed by atoms with E-state index in [4.69, 9.17) is 5.73 Å². The van der Waals surface area contributed by atoms with Crippen LogP contribution in [0.3, 0.4) is 0 Å². The van der Waals surface area contributed by atoms with Crippen molar-refractivity contribution >= 4 is 12.1 Å². The van der Waals surface area contributed by atoms with Gasteiger partial charge in [-0.25, -0.2) is 9.59 Å². The molecule has 20 heavy (non-hydrogen) atoms. The van der Waals surface area contributed by atoms with E-state index in [1.165, 1.54) is 13.2 Å². The maximum Gasteiger partial charge on any atom is 0.412 e. The Balaban J connectivity index is 2.41. The summed E-state index contributed by atoms with van der Waals surface area (Å²) in [7, 11) is 1.20. The van der Waals surface area contributed by atoms with Gasteiger partial charge in [-0.2, -0.15) is 0 Å². The number of hydrogen-bond acceptors (Lipinski definition) is 5. The van der Waals surface area contributed by atoms with Gasteiger partial charge in [0, 0.05) is 12.2 Å². The molecule has 0 radical (unpaired) electrons. The van der Waals surface area contributed by atoms with Crippen LogP contribution in [0.5, 0.6) is 0 Å². The Hall–Kier alpha value is -2.28. The Kier molecular flexibility index (Phi) is 4.09.